The zero-order valence-electron chi connectivity index (χ0n) is 8.94. The van der Waals surface area contributed by atoms with Gasteiger partial charge < -0.3 is 15.2 Å². The van der Waals surface area contributed by atoms with Crippen LogP contribution in [0.2, 0.25) is 0 Å². The van der Waals surface area contributed by atoms with Gasteiger partial charge in [-0.05, 0) is 30.5 Å². The van der Waals surface area contributed by atoms with Crippen molar-refractivity contribution >= 4 is 0 Å². The van der Waals surface area contributed by atoms with E-state index in [1.165, 1.54) is 0 Å². The van der Waals surface area contributed by atoms with Gasteiger partial charge in [0.15, 0.2) is 0 Å². The van der Waals surface area contributed by atoms with Crippen LogP contribution >= 0.6 is 0 Å². The van der Waals surface area contributed by atoms with E-state index < -0.39 is 0 Å². The summed E-state index contributed by atoms with van der Waals surface area (Å²) >= 11 is 0. The molecule has 0 saturated carbocycles. The van der Waals surface area contributed by atoms with E-state index in [2.05, 4.69) is 5.32 Å². The molecule has 1 aromatic rings. The summed E-state index contributed by atoms with van der Waals surface area (Å²) in [5, 5.41) is 12.8. The van der Waals surface area contributed by atoms with Crippen molar-refractivity contribution in [3.05, 3.63) is 29.8 Å². The summed E-state index contributed by atoms with van der Waals surface area (Å²) in [7, 11) is 1.75. The Hall–Kier alpha value is -1.06. The van der Waals surface area contributed by atoms with E-state index >= 15 is 0 Å². The zero-order chi connectivity index (χ0) is 10.7. The first-order chi connectivity index (χ1) is 7.29. The molecule has 1 aliphatic rings. The van der Waals surface area contributed by atoms with Gasteiger partial charge in [-0.2, -0.15) is 0 Å². The molecule has 0 spiro atoms. The lowest BCUT2D eigenvalue weighted by molar-refractivity contribution is 0.0704. The quantitative estimate of drug-likeness (QED) is 0.777. The number of ether oxygens (including phenoxy) is 1. The van der Waals surface area contributed by atoms with Gasteiger partial charge in [-0.25, -0.2) is 0 Å². The molecule has 3 nitrogen and oxygen atoms in total. The molecule has 2 N–H and O–H groups in total. The van der Waals surface area contributed by atoms with Gasteiger partial charge in [-0.15, -0.1) is 0 Å². The number of methoxy groups -OCH3 is 1. The van der Waals surface area contributed by atoms with E-state index in [1.807, 2.05) is 18.2 Å². The summed E-state index contributed by atoms with van der Waals surface area (Å²) in [6.07, 6.45) is 2.46. The average Bonchev–Trinajstić information content (AvgIpc) is 2.29. The number of hydrogen-bond acceptors (Lipinski definition) is 3. The number of phenolic OH excluding ortho intramolecular Hbond substituents is 1. The van der Waals surface area contributed by atoms with Crippen LogP contribution in [-0.4, -0.2) is 24.9 Å². The molecule has 1 heterocycles. The second-order valence-electron chi connectivity index (χ2n) is 3.99. The van der Waals surface area contributed by atoms with E-state index in [4.69, 9.17) is 4.74 Å². The lowest BCUT2D eigenvalue weighted by Crippen LogP contribution is -2.37. The van der Waals surface area contributed by atoms with Crippen LogP contribution in [0.4, 0.5) is 0 Å². The maximum Gasteiger partial charge on any atom is 0.115 e. The Morgan fingerprint density at radius 3 is 2.87 bits per heavy atom. The Labute approximate surface area is 90.1 Å². The van der Waals surface area contributed by atoms with Crippen LogP contribution in [0.15, 0.2) is 24.3 Å². The van der Waals surface area contributed by atoms with Crippen LogP contribution in [-0.2, 0) is 4.74 Å². The fraction of sp³-hybridized carbons (Fsp3) is 0.500. The van der Waals surface area contributed by atoms with Crippen LogP contribution in [0.1, 0.15) is 24.4 Å². The van der Waals surface area contributed by atoms with Crippen molar-refractivity contribution in [2.45, 2.75) is 25.0 Å². The first kappa shape index (κ1) is 10.5. The highest BCUT2D eigenvalue weighted by Gasteiger charge is 2.21. The van der Waals surface area contributed by atoms with Gasteiger partial charge in [0.2, 0.25) is 0 Å². The van der Waals surface area contributed by atoms with Gasteiger partial charge in [-0.3, -0.25) is 0 Å². The molecule has 2 atom stereocenters. The van der Waals surface area contributed by atoms with E-state index in [1.54, 1.807) is 13.2 Å². The Morgan fingerprint density at radius 2 is 2.27 bits per heavy atom. The highest BCUT2D eigenvalue weighted by atomic mass is 16.5. The number of piperidine rings is 1. The minimum atomic E-state index is 0.332. The monoisotopic (exact) mass is 207 g/mol. The first-order valence-electron chi connectivity index (χ1n) is 5.34. The Morgan fingerprint density at radius 1 is 1.40 bits per heavy atom. The number of aromatic hydroxyl groups is 1. The van der Waals surface area contributed by atoms with Gasteiger partial charge in [0, 0.05) is 19.7 Å². The first-order valence-corrected chi connectivity index (χ1v) is 5.34. The molecular formula is C12H17NO2. The van der Waals surface area contributed by atoms with E-state index in [9.17, 15) is 5.11 Å². The van der Waals surface area contributed by atoms with Crippen molar-refractivity contribution in [1.29, 1.82) is 0 Å². The SMILES string of the molecule is COC1CCC(c2cccc(O)c2)NC1. The molecule has 82 valence electrons. The number of rotatable bonds is 2. The van der Waals surface area contributed by atoms with Crippen LogP contribution < -0.4 is 5.32 Å². The molecule has 2 rings (SSSR count). The topological polar surface area (TPSA) is 41.5 Å². The number of benzene rings is 1. The lowest BCUT2D eigenvalue weighted by Gasteiger charge is -2.29. The third-order valence-electron chi connectivity index (χ3n) is 2.98. The standard InChI is InChI=1S/C12H17NO2/c1-15-11-5-6-12(13-8-11)9-3-2-4-10(14)7-9/h2-4,7,11-14H,5-6,8H2,1H3. The Balaban J connectivity index is 2.01. The molecule has 1 aromatic carbocycles. The molecule has 1 fully saturated rings. The fourth-order valence-electron chi connectivity index (χ4n) is 2.06. The molecule has 2 unspecified atom stereocenters. The van der Waals surface area contributed by atoms with Crippen LogP contribution in [0.25, 0.3) is 0 Å². The van der Waals surface area contributed by atoms with Crippen molar-refractivity contribution in [2.75, 3.05) is 13.7 Å². The third-order valence-corrected chi connectivity index (χ3v) is 2.98. The van der Waals surface area contributed by atoms with Gasteiger partial charge in [0.1, 0.15) is 5.75 Å². The molecule has 1 aliphatic heterocycles. The summed E-state index contributed by atoms with van der Waals surface area (Å²) < 4.78 is 5.29. The van der Waals surface area contributed by atoms with Crippen LogP contribution in [0.5, 0.6) is 5.75 Å². The van der Waals surface area contributed by atoms with Gasteiger partial charge >= 0.3 is 0 Å². The maximum atomic E-state index is 9.39. The van der Waals surface area contributed by atoms with E-state index in [-0.39, 0.29) is 0 Å². The third kappa shape index (κ3) is 2.49. The molecule has 0 radical (unpaired) electrons. The number of hydrogen-bond donors (Lipinski definition) is 2. The van der Waals surface area contributed by atoms with Crippen molar-refractivity contribution < 1.29 is 9.84 Å². The lowest BCUT2D eigenvalue weighted by atomic mass is 9.96. The Bertz CT molecular complexity index is 319. The summed E-state index contributed by atoms with van der Waals surface area (Å²) in [4.78, 5) is 0. The smallest absolute Gasteiger partial charge is 0.115 e. The van der Waals surface area contributed by atoms with Crippen molar-refractivity contribution in [2.24, 2.45) is 0 Å². The number of nitrogens with one attached hydrogen (secondary N) is 1. The normalized spacial score (nSPS) is 26.5. The molecule has 0 aliphatic carbocycles. The molecular weight excluding hydrogens is 190 g/mol. The summed E-state index contributed by atoms with van der Waals surface area (Å²) in [5.41, 5.74) is 1.16. The van der Waals surface area contributed by atoms with Crippen molar-refractivity contribution in [3.8, 4) is 5.75 Å². The molecule has 0 bridgehead atoms. The average molecular weight is 207 g/mol. The van der Waals surface area contributed by atoms with Crippen LogP contribution in [0, 0.1) is 0 Å². The van der Waals surface area contributed by atoms with Gasteiger partial charge in [0.05, 0.1) is 6.10 Å². The molecule has 15 heavy (non-hydrogen) atoms. The maximum absolute atomic E-state index is 9.39. The Kier molecular flexibility index (Phi) is 3.23. The zero-order valence-corrected chi connectivity index (χ0v) is 8.94. The minimum absolute atomic E-state index is 0.332. The predicted molar refractivity (Wildman–Crippen MR) is 58.9 cm³/mol. The molecule has 0 aromatic heterocycles. The summed E-state index contributed by atoms with van der Waals surface area (Å²) in [6.45, 7) is 0.886. The molecule has 1 saturated heterocycles. The largest absolute Gasteiger partial charge is 0.508 e. The fourth-order valence-corrected chi connectivity index (χ4v) is 2.06. The van der Waals surface area contributed by atoms with E-state index in [0.29, 0.717) is 17.9 Å². The van der Waals surface area contributed by atoms with Crippen LogP contribution in [0.3, 0.4) is 0 Å². The molecule has 0 amide bonds. The highest BCUT2D eigenvalue weighted by Crippen LogP contribution is 2.25. The highest BCUT2D eigenvalue weighted by molar-refractivity contribution is 5.29. The summed E-state index contributed by atoms with van der Waals surface area (Å²) in [6, 6.07) is 7.80. The minimum Gasteiger partial charge on any atom is -0.508 e. The van der Waals surface area contributed by atoms with E-state index in [0.717, 1.165) is 24.9 Å². The second-order valence-corrected chi connectivity index (χ2v) is 3.99. The van der Waals surface area contributed by atoms with Gasteiger partial charge in [-0.1, -0.05) is 12.1 Å². The summed E-state index contributed by atoms with van der Waals surface area (Å²) in [5.74, 6) is 0.336. The van der Waals surface area contributed by atoms with Gasteiger partial charge in [0.25, 0.3) is 0 Å². The van der Waals surface area contributed by atoms with Crippen molar-refractivity contribution in [3.63, 3.8) is 0 Å². The number of phenols is 1. The molecule has 3 heteroatoms. The second kappa shape index (κ2) is 4.64. The van der Waals surface area contributed by atoms with Crippen molar-refractivity contribution in [1.82, 2.24) is 5.32 Å². The predicted octanol–water partition coefficient (Wildman–Crippen LogP) is 1.83.